The van der Waals surface area contributed by atoms with Crippen molar-refractivity contribution in [1.82, 2.24) is 0 Å². The lowest BCUT2D eigenvalue weighted by Gasteiger charge is -2.31. The second kappa shape index (κ2) is 4.91. The van der Waals surface area contributed by atoms with Gasteiger partial charge < -0.3 is 5.11 Å². The molecule has 0 spiro atoms. The fourth-order valence-electron chi connectivity index (χ4n) is 1.98. The fourth-order valence-corrected chi connectivity index (χ4v) is 3.37. The number of carbonyl (C=O) groups is 1. The van der Waals surface area contributed by atoms with E-state index in [1.165, 1.54) is 0 Å². The number of carboxylic acid groups (broad SMARTS) is 1. The number of hydrogen-bond donors (Lipinski definition) is 1. The third kappa shape index (κ3) is 3.08. The van der Waals surface area contributed by atoms with E-state index in [4.69, 9.17) is 5.11 Å². The van der Waals surface area contributed by atoms with Crippen LogP contribution in [0.2, 0.25) is 0 Å². The van der Waals surface area contributed by atoms with Crippen LogP contribution < -0.4 is 0 Å². The van der Waals surface area contributed by atoms with E-state index < -0.39 is 16.8 Å². The van der Waals surface area contributed by atoms with Crippen LogP contribution in [-0.4, -0.2) is 26.3 Å². The summed E-state index contributed by atoms with van der Waals surface area (Å²) in [5.41, 5.74) is 0. The number of aliphatic carboxylic acids is 1. The maximum Gasteiger partial charge on any atom is 0.316 e. The first-order valence-corrected chi connectivity index (χ1v) is 6.48. The molecule has 0 aromatic rings. The summed E-state index contributed by atoms with van der Waals surface area (Å²) in [6, 6.07) is 0. The summed E-state index contributed by atoms with van der Waals surface area (Å²) in [6.07, 6.45) is 2.92. The smallest absolute Gasteiger partial charge is 0.316 e. The molecule has 82 valence electrons. The molecule has 1 aliphatic carbocycles. The average molecular weight is 218 g/mol. The van der Waals surface area contributed by atoms with E-state index in [9.17, 15) is 9.00 Å². The van der Waals surface area contributed by atoms with Gasteiger partial charge in [-0.3, -0.25) is 9.00 Å². The molecule has 4 unspecified atom stereocenters. The van der Waals surface area contributed by atoms with Crippen molar-refractivity contribution in [2.24, 2.45) is 11.8 Å². The molecule has 1 saturated carbocycles. The molecule has 1 fully saturated rings. The Kier molecular flexibility index (Phi) is 4.11. The van der Waals surface area contributed by atoms with E-state index in [2.05, 4.69) is 13.8 Å². The molecule has 3 nitrogen and oxygen atoms in total. The molecular formula is C10H18O3S. The van der Waals surface area contributed by atoms with Crippen LogP contribution in [-0.2, 0) is 15.6 Å². The lowest BCUT2D eigenvalue weighted by atomic mass is 9.81. The topological polar surface area (TPSA) is 54.4 Å². The SMILES string of the molecule is CC1CCC(S(=O)CC(=O)O)CC1C. The predicted molar refractivity (Wildman–Crippen MR) is 56.6 cm³/mol. The molecule has 0 radical (unpaired) electrons. The van der Waals surface area contributed by atoms with Gasteiger partial charge in [0.1, 0.15) is 5.75 Å². The van der Waals surface area contributed by atoms with Crippen LogP contribution in [0.1, 0.15) is 33.1 Å². The molecule has 4 heteroatoms. The Bertz CT molecular complexity index is 240. The minimum absolute atomic E-state index is 0.109. The van der Waals surface area contributed by atoms with Crippen molar-refractivity contribution in [2.45, 2.75) is 38.4 Å². The van der Waals surface area contributed by atoms with Crippen LogP contribution in [0.3, 0.4) is 0 Å². The van der Waals surface area contributed by atoms with E-state index in [-0.39, 0.29) is 11.0 Å². The Balaban J connectivity index is 2.46. The van der Waals surface area contributed by atoms with E-state index in [1.54, 1.807) is 0 Å². The summed E-state index contributed by atoms with van der Waals surface area (Å²) in [4.78, 5) is 10.4. The van der Waals surface area contributed by atoms with Gasteiger partial charge in [0, 0.05) is 16.0 Å². The molecule has 0 amide bonds. The first kappa shape index (κ1) is 11.7. The summed E-state index contributed by atoms with van der Waals surface area (Å²) in [5, 5.41) is 8.65. The molecule has 0 bridgehead atoms. The lowest BCUT2D eigenvalue weighted by Crippen LogP contribution is -2.30. The summed E-state index contributed by atoms with van der Waals surface area (Å²) in [6.45, 7) is 4.37. The quantitative estimate of drug-likeness (QED) is 0.783. The Labute approximate surface area is 87.3 Å². The third-order valence-electron chi connectivity index (χ3n) is 3.19. The van der Waals surface area contributed by atoms with Crippen molar-refractivity contribution in [3.05, 3.63) is 0 Å². The van der Waals surface area contributed by atoms with Gasteiger partial charge in [-0.1, -0.05) is 13.8 Å². The zero-order chi connectivity index (χ0) is 10.7. The molecule has 1 N–H and O–H groups in total. The Morgan fingerprint density at radius 3 is 2.50 bits per heavy atom. The summed E-state index contributed by atoms with van der Waals surface area (Å²) >= 11 is 0. The normalized spacial score (nSPS) is 35.1. The molecule has 1 rings (SSSR count). The maximum absolute atomic E-state index is 11.6. The van der Waals surface area contributed by atoms with E-state index >= 15 is 0 Å². The molecule has 4 atom stereocenters. The van der Waals surface area contributed by atoms with Gasteiger partial charge in [0.15, 0.2) is 0 Å². The number of rotatable bonds is 3. The van der Waals surface area contributed by atoms with Gasteiger partial charge in [-0.25, -0.2) is 0 Å². The minimum atomic E-state index is -1.17. The first-order valence-electron chi connectivity index (χ1n) is 5.09. The van der Waals surface area contributed by atoms with Crippen molar-refractivity contribution in [1.29, 1.82) is 0 Å². The van der Waals surface area contributed by atoms with E-state index in [0.717, 1.165) is 19.3 Å². The Morgan fingerprint density at radius 1 is 1.36 bits per heavy atom. The number of carboxylic acids is 1. The summed E-state index contributed by atoms with van der Waals surface area (Å²) in [5.74, 6) is 0.125. The Hall–Kier alpha value is -0.380. The summed E-state index contributed by atoms with van der Waals surface area (Å²) in [7, 11) is -1.17. The van der Waals surface area contributed by atoms with Gasteiger partial charge in [-0.2, -0.15) is 0 Å². The zero-order valence-electron chi connectivity index (χ0n) is 8.73. The highest BCUT2D eigenvalue weighted by molar-refractivity contribution is 7.86. The molecule has 14 heavy (non-hydrogen) atoms. The molecule has 0 saturated heterocycles. The van der Waals surface area contributed by atoms with Gasteiger partial charge in [-0.05, 0) is 31.1 Å². The molecule has 0 heterocycles. The molecule has 0 aliphatic heterocycles. The molecule has 0 aromatic heterocycles. The van der Waals surface area contributed by atoms with Crippen molar-refractivity contribution in [2.75, 3.05) is 5.75 Å². The highest BCUT2D eigenvalue weighted by Crippen LogP contribution is 2.31. The zero-order valence-corrected chi connectivity index (χ0v) is 9.55. The van der Waals surface area contributed by atoms with Crippen LogP contribution in [0.15, 0.2) is 0 Å². The maximum atomic E-state index is 11.6. The van der Waals surface area contributed by atoms with Gasteiger partial charge in [0.25, 0.3) is 0 Å². The second-order valence-corrected chi connectivity index (χ2v) is 6.03. The first-order chi connectivity index (χ1) is 6.50. The second-order valence-electron chi connectivity index (χ2n) is 4.31. The minimum Gasteiger partial charge on any atom is -0.481 e. The van der Waals surface area contributed by atoms with Crippen LogP contribution in [0.5, 0.6) is 0 Å². The predicted octanol–water partition coefficient (Wildman–Crippen LogP) is 1.64. The van der Waals surface area contributed by atoms with E-state index in [0.29, 0.717) is 11.8 Å². The van der Waals surface area contributed by atoms with Crippen LogP contribution in [0.4, 0.5) is 0 Å². The van der Waals surface area contributed by atoms with E-state index in [1.807, 2.05) is 0 Å². The molecule has 1 aliphatic rings. The standard InChI is InChI=1S/C10H18O3S/c1-7-3-4-9(5-8(7)2)14(13)6-10(11)12/h7-9H,3-6H2,1-2H3,(H,11,12). The van der Waals surface area contributed by atoms with Gasteiger partial charge in [0.05, 0.1) is 0 Å². The average Bonchev–Trinajstić information content (AvgIpc) is 2.08. The van der Waals surface area contributed by atoms with Gasteiger partial charge >= 0.3 is 5.97 Å². The van der Waals surface area contributed by atoms with Gasteiger partial charge in [-0.15, -0.1) is 0 Å². The third-order valence-corrected chi connectivity index (χ3v) is 4.89. The molecule has 0 aromatic carbocycles. The lowest BCUT2D eigenvalue weighted by molar-refractivity contribution is -0.134. The monoisotopic (exact) mass is 218 g/mol. The Morgan fingerprint density at radius 2 is 2.00 bits per heavy atom. The van der Waals surface area contributed by atoms with Crippen LogP contribution >= 0.6 is 0 Å². The van der Waals surface area contributed by atoms with Crippen LogP contribution in [0, 0.1) is 11.8 Å². The van der Waals surface area contributed by atoms with Crippen molar-refractivity contribution in [3.63, 3.8) is 0 Å². The fraction of sp³-hybridized carbons (Fsp3) is 0.900. The largest absolute Gasteiger partial charge is 0.481 e. The van der Waals surface area contributed by atoms with Crippen molar-refractivity contribution < 1.29 is 14.1 Å². The molecular weight excluding hydrogens is 200 g/mol. The summed E-state index contributed by atoms with van der Waals surface area (Å²) < 4.78 is 11.6. The highest BCUT2D eigenvalue weighted by Gasteiger charge is 2.28. The van der Waals surface area contributed by atoms with Crippen LogP contribution in [0.25, 0.3) is 0 Å². The highest BCUT2D eigenvalue weighted by atomic mass is 32.2. The van der Waals surface area contributed by atoms with Crippen molar-refractivity contribution in [3.8, 4) is 0 Å². The van der Waals surface area contributed by atoms with Gasteiger partial charge in [0.2, 0.25) is 0 Å². The number of hydrogen-bond acceptors (Lipinski definition) is 2. The van der Waals surface area contributed by atoms with Crippen molar-refractivity contribution >= 4 is 16.8 Å².